The fraction of sp³-hybridized carbons (Fsp3) is 0.150. The van der Waals surface area contributed by atoms with Gasteiger partial charge in [-0.2, -0.15) is 0 Å². The zero-order valence-corrected chi connectivity index (χ0v) is 14.2. The molecule has 0 fully saturated rings. The number of carbonyl (C=O) groups is 1. The van der Waals surface area contributed by atoms with Gasteiger partial charge in [-0.15, -0.1) is 0 Å². The first-order chi connectivity index (χ1) is 12.6. The summed E-state index contributed by atoms with van der Waals surface area (Å²) in [5.41, 5.74) is -0.220. The van der Waals surface area contributed by atoms with Crippen molar-refractivity contribution in [2.45, 2.75) is 19.4 Å². The molecule has 0 bridgehead atoms. The molecule has 0 aliphatic heterocycles. The largest absolute Gasteiger partial charge is 0.477 e. The lowest BCUT2D eigenvalue weighted by molar-refractivity contribution is 0.0693. The highest BCUT2D eigenvalue weighted by Crippen LogP contribution is 2.24. The van der Waals surface area contributed by atoms with Gasteiger partial charge in [0, 0.05) is 12.4 Å². The third kappa shape index (κ3) is 3.64. The molecule has 2 aromatic heterocycles. The predicted octanol–water partition coefficient (Wildman–Crippen LogP) is 3.73. The van der Waals surface area contributed by atoms with Gasteiger partial charge in [-0.05, 0) is 30.7 Å². The molecule has 3 aromatic rings. The molecule has 3 rings (SSSR count). The molecule has 0 aliphatic rings. The minimum atomic E-state index is -1.29. The number of ether oxygens (including phenoxy) is 1. The summed E-state index contributed by atoms with van der Waals surface area (Å²) in [7, 11) is 0. The van der Waals surface area contributed by atoms with E-state index >= 15 is 0 Å². The minimum Gasteiger partial charge on any atom is -0.477 e. The first-order valence-corrected chi connectivity index (χ1v) is 8.23. The number of carboxylic acids is 1. The molecule has 0 saturated heterocycles. The van der Waals surface area contributed by atoms with E-state index in [1.54, 1.807) is 35.0 Å². The first-order valence-electron chi connectivity index (χ1n) is 8.23. The second-order valence-corrected chi connectivity index (χ2v) is 5.71. The normalized spacial score (nSPS) is 11.7. The van der Waals surface area contributed by atoms with Crippen LogP contribution in [0.25, 0.3) is 0 Å². The highest BCUT2D eigenvalue weighted by molar-refractivity contribution is 5.87. The fourth-order valence-corrected chi connectivity index (χ4v) is 2.74. The number of para-hydroxylation sites is 1. The van der Waals surface area contributed by atoms with Crippen molar-refractivity contribution in [3.63, 3.8) is 0 Å². The van der Waals surface area contributed by atoms with Gasteiger partial charge in [-0.3, -0.25) is 9.78 Å². The number of hydrogen-bond acceptors (Lipinski definition) is 4. The summed E-state index contributed by atoms with van der Waals surface area (Å²) in [5, 5.41) is 9.42. The van der Waals surface area contributed by atoms with Crippen molar-refractivity contribution in [2.24, 2.45) is 0 Å². The molecule has 1 aromatic carbocycles. The Morgan fingerprint density at radius 3 is 2.50 bits per heavy atom. The number of hydrogen-bond donors (Lipinski definition) is 1. The standard InChI is InChI=1S/C20H18N2O4/c1-2-17(16-10-6-7-11-21-16)22-12-15(20(24)25)19(23)18(13-22)26-14-8-4-3-5-9-14/h3-13,17H,2H2,1H3,(H,24,25). The van der Waals surface area contributed by atoms with Crippen LogP contribution in [-0.4, -0.2) is 20.6 Å². The molecule has 132 valence electrons. The summed E-state index contributed by atoms with van der Waals surface area (Å²) in [6, 6.07) is 14.1. The van der Waals surface area contributed by atoms with Crippen LogP contribution in [0.2, 0.25) is 0 Å². The van der Waals surface area contributed by atoms with E-state index in [2.05, 4.69) is 4.98 Å². The lowest BCUT2D eigenvalue weighted by Gasteiger charge is -2.20. The van der Waals surface area contributed by atoms with Crippen LogP contribution >= 0.6 is 0 Å². The number of aromatic nitrogens is 2. The summed E-state index contributed by atoms with van der Waals surface area (Å²) in [4.78, 5) is 28.4. The lowest BCUT2D eigenvalue weighted by Crippen LogP contribution is -2.22. The van der Waals surface area contributed by atoms with E-state index < -0.39 is 11.4 Å². The zero-order chi connectivity index (χ0) is 18.5. The van der Waals surface area contributed by atoms with Crippen molar-refractivity contribution in [1.29, 1.82) is 0 Å². The smallest absolute Gasteiger partial charge is 0.341 e. The quantitative estimate of drug-likeness (QED) is 0.732. The van der Waals surface area contributed by atoms with Gasteiger partial charge in [0.25, 0.3) is 0 Å². The Bertz CT molecular complexity index is 953. The van der Waals surface area contributed by atoms with Crippen molar-refractivity contribution in [2.75, 3.05) is 0 Å². The summed E-state index contributed by atoms with van der Waals surface area (Å²) in [6.45, 7) is 1.97. The van der Waals surface area contributed by atoms with Gasteiger partial charge in [-0.25, -0.2) is 4.79 Å². The highest BCUT2D eigenvalue weighted by Gasteiger charge is 2.20. The van der Waals surface area contributed by atoms with E-state index in [1.807, 2.05) is 31.2 Å². The molecular weight excluding hydrogens is 332 g/mol. The van der Waals surface area contributed by atoms with Crippen LogP contribution in [-0.2, 0) is 0 Å². The number of carboxylic acid groups (broad SMARTS) is 1. The van der Waals surface area contributed by atoms with E-state index in [1.165, 1.54) is 12.4 Å². The molecule has 0 saturated carbocycles. The maximum atomic E-state index is 12.5. The predicted molar refractivity (Wildman–Crippen MR) is 96.8 cm³/mol. The Morgan fingerprint density at radius 2 is 1.88 bits per heavy atom. The molecule has 0 aliphatic carbocycles. The number of rotatable bonds is 6. The molecule has 6 nitrogen and oxygen atoms in total. The Kier molecular flexibility index (Phi) is 5.12. The van der Waals surface area contributed by atoms with E-state index in [0.29, 0.717) is 12.2 Å². The van der Waals surface area contributed by atoms with Gasteiger partial charge in [0.05, 0.1) is 17.9 Å². The van der Waals surface area contributed by atoms with Gasteiger partial charge in [0.2, 0.25) is 5.43 Å². The first kappa shape index (κ1) is 17.4. The number of benzene rings is 1. The van der Waals surface area contributed by atoms with Crippen molar-refractivity contribution in [1.82, 2.24) is 9.55 Å². The minimum absolute atomic E-state index is 0.0366. The van der Waals surface area contributed by atoms with Crippen molar-refractivity contribution >= 4 is 5.97 Å². The van der Waals surface area contributed by atoms with Gasteiger partial charge >= 0.3 is 5.97 Å². The van der Waals surface area contributed by atoms with E-state index in [4.69, 9.17) is 4.74 Å². The van der Waals surface area contributed by atoms with Crippen LogP contribution in [0.4, 0.5) is 0 Å². The second kappa shape index (κ2) is 7.65. The molecule has 6 heteroatoms. The monoisotopic (exact) mass is 350 g/mol. The molecule has 0 amide bonds. The molecular formula is C20H18N2O4. The topological polar surface area (TPSA) is 81.4 Å². The molecule has 0 spiro atoms. The summed E-state index contributed by atoms with van der Waals surface area (Å²) in [5.74, 6) is -0.867. The van der Waals surface area contributed by atoms with Crippen molar-refractivity contribution in [3.05, 3.63) is 88.6 Å². The van der Waals surface area contributed by atoms with Crippen LogP contribution in [0.5, 0.6) is 11.5 Å². The third-order valence-corrected chi connectivity index (χ3v) is 3.99. The fourth-order valence-electron chi connectivity index (χ4n) is 2.74. The van der Waals surface area contributed by atoms with Crippen molar-refractivity contribution in [3.8, 4) is 11.5 Å². The van der Waals surface area contributed by atoms with E-state index in [-0.39, 0.29) is 17.4 Å². The van der Waals surface area contributed by atoms with Crippen molar-refractivity contribution < 1.29 is 14.6 Å². The number of nitrogens with zero attached hydrogens (tertiary/aromatic N) is 2. The summed E-state index contributed by atoms with van der Waals surface area (Å²) in [6.07, 6.45) is 5.22. The highest BCUT2D eigenvalue weighted by atomic mass is 16.5. The third-order valence-electron chi connectivity index (χ3n) is 3.99. The zero-order valence-electron chi connectivity index (χ0n) is 14.2. The number of pyridine rings is 2. The molecule has 0 radical (unpaired) electrons. The average Bonchev–Trinajstić information content (AvgIpc) is 2.66. The van der Waals surface area contributed by atoms with Crippen LogP contribution in [0, 0.1) is 0 Å². The van der Waals surface area contributed by atoms with Gasteiger partial charge in [0.1, 0.15) is 11.3 Å². The molecule has 26 heavy (non-hydrogen) atoms. The van der Waals surface area contributed by atoms with Gasteiger partial charge in [-0.1, -0.05) is 31.2 Å². The SMILES string of the molecule is CCC(c1ccccn1)n1cc(Oc2ccccc2)c(=O)c(C(=O)O)c1. The number of aromatic carboxylic acids is 1. The lowest BCUT2D eigenvalue weighted by atomic mass is 10.1. The molecule has 1 atom stereocenters. The Hall–Kier alpha value is -3.41. The Labute approximate surface area is 150 Å². The Morgan fingerprint density at radius 1 is 1.15 bits per heavy atom. The molecule has 2 heterocycles. The van der Waals surface area contributed by atoms with Crippen LogP contribution in [0.3, 0.4) is 0 Å². The molecule has 1 unspecified atom stereocenters. The second-order valence-electron chi connectivity index (χ2n) is 5.71. The maximum Gasteiger partial charge on any atom is 0.341 e. The van der Waals surface area contributed by atoms with Gasteiger partial charge in [0.15, 0.2) is 5.75 Å². The molecule has 1 N–H and O–H groups in total. The summed E-state index contributed by atoms with van der Waals surface area (Å²) < 4.78 is 7.33. The van der Waals surface area contributed by atoms with E-state index in [9.17, 15) is 14.7 Å². The Balaban J connectivity index is 2.10. The van der Waals surface area contributed by atoms with Gasteiger partial charge < -0.3 is 14.4 Å². The summed E-state index contributed by atoms with van der Waals surface area (Å²) >= 11 is 0. The maximum absolute atomic E-state index is 12.5. The average molecular weight is 350 g/mol. The van der Waals surface area contributed by atoms with Crippen LogP contribution < -0.4 is 10.2 Å². The van der Waals surface area contributed by atoms with E-state index in [0.717, 1.165) is 5.69 Å². The van der Waals surface area contributed by atoms with Crippen LogP contribution in [0.15, 0.2) is 71.9 Å². The van der Waals surface area contributed by atoms with Crippen LogP contribution in [0.1, 0.15) is 35.4 Å².